The molecule has 1 aliphatic carbocycles. The molecule has 1 aromatic rings. The molecular weight excluding hydrogens is 184 g/mol. The van der Waals surface area contributed by atoms with Gasteiger partial charge in [-0.15, -0.1) is 0 Å². The smallest absolute Gasteiger partial charge is 0.0561 e. The van der Waals surface area contributed by atoms with Crippen LogP contribution in [0.2, 0.25) is 0 Å². The molecule has 0 heterocycles. The topological polar surface area (TPSA) is 24.4 Å². The largest absolute Gasteiger partial charge is 0.279 e. The molecule has 15 heavy (non-hydrogen) atoms. The quantitative estimate of drug-likeness (QED) is 0.585. The minimum absolute atomic E-state index is 0.348. The fraction of sp³-hybridized carbons (Fsp3) is 0.154. The van der Waals surface area contributed by atoms with Crippen LogP contribution in [0, 0.1) is 5.92 Å². The number of allylic oxidation sites excluding steroid dienone is 4. The first-order valence-corrected chi connectivity index (χ1v) is 5.06. The summed E-state index contributed by atoms with van der Waals surface area (Å²) in [6, 6.07) is 9.96. The molecule has 1 aromatic carbocycles. The van der Waals surface area contributed by atoms with Crippen molar-refractivity contribution in [2.75, 3.05) is 5.43 Å². The predicted octanol–water partition coefficient (Wildman–Crippen LogP) is 3.22. The van der Waals surface area contributed by atoms with Gasteiger partial charge in [0.15, 0.2) is 0 Å². The average molecular weight is 198 g/mol. The second kappa shape index (κ2) is 4.60. The second-order valence-electron chi connectivity index (χ2n) is 3.53. The molecule has 0 unspecified atom stereocenters. The number of hydrazone groups is 1. The Bertz CT molecular complexity index is 390. The molecule has 0 aliphatic heterocycles. The molecule has 2 nitrogen and oxygen atoms in total. The summed E-state index contributed by atoms with van der Waals surface area (Å²) in [5.41, 5.74) is 5.13. The lowest BCUT2D eigenvalue weighted by atomic mass is 10.1. The van der Waals surface area contributed by atoms with Crippen molar-refractivity contribution in [1.29, 1.82) is 0 Å². The fourth-order valence-electron chi connectivity index (χ4n) is 1.45. The van der Waals surface area contributed by atoms with Crippen LogP contribution in [0.5, 0.6) is 0 Å². The Kier molecular flexibility index (Phi) is 2.98. The molecule has 2 rings (SSSR count). The number of anilines is 1. The van der Waals surface area contributed by atoms with E-state index in [1.165, 1.54) is 0 Å². The van der Waals surface area contributed by atoms with Gasteiger partial charge in [-0.1, -0.05) is 42.5 Å². The summed E-state index contributed by atoms with van der Waals surface area (Å²) < 4.78 is 0. The molecule has 1 aliphatic rings. The first-order valence-electron chi connectivity index (χ1n) is 5.06. The maximum absolute atomic E-state index is 4.34. The Morgan fingerprint density at radius 1 is 1.13 bits per heavy atom. The highest BCUT2D eigenvalue weighted by Gasteiger charge is 2.06. The molecule has 0 spiro atoms. The molecule has 0 bridgehead atoms. The van der Waals surface area contributed by atoms with E-state index in [9.17, 15) is 0 Å². The zero-order chi connectivity index (χ0) is 10.5. The van der Waals surface area contributed by atoms with Crippen LogP contribution in [0.25, 0.3) is 0 Å². The summed E-state index contributed by atoms with van der Waals surface area (Å²) in [5, 5.41) is 4.34. The van der Waals surface area contributed by atoms with Crippen molar-refractivity contribution >= 4 is 11.4 Å². The Morgan fingerprint density at radius 3 is 2.47 bits per heavy atom. The second-order valence-corrected chi connectivity index (χ2v) is 3.53. The summed E-state index contributed by atoms with van der Waals surface area (Å²) in [6.45, 7) is 2.03. The normalized spacial score (nSPS) is 15.9. The van der Waals surface area contributed by atoms with Gasteiger partial charge in [0.1, 0.15) is 0 Å². The van der Waals surface area contributed by atoms with Gasteiger partial charge in [-0.2, -0.15) is 5.10 Å². The SMILES string of the molecule is C/C(=N\Nc1ccccc1)C1C=CC=C1. The highest BCUT2D eigenvalue weighted by molar-refractivity contribution is 5.88. The van der Waals surface area contributed by atoms with Crippen molar-refractivity contribution in [1.82, 2.24) is 0 Å². The van der Waals surface area contributed by atoms with Gasteiger partial charge in [-0.25, -0.2) is 0 Å². The first-order chi connectivity index (χ1) is 7.36. The maximum atomic E-state index is 4.34. The van der Waals surface area contributed by atoms with Crippen molar-refractivity contribution in [2.45, 2.75) is 6.92 Å². The zero-order valence-electron chi connectivity index (χ0n) is 8.72. The Hall–Kier alpha value is -1.83. The van der Waals surface area contributed by atoms with Gasteiger partial charge in [0, 0.05) is 11.6 Å². The van der Waals surface area contributed by atoms with E-state index in [0.717, 1.165) is 11.4 Å². The maximum Gasteiger partial charge on any atom is 0.0561 e. The van der Waals surface area contributed by atoms with Gasteiger partial charge in [0.05, 0.1) is 5.69 Å². The highest BCUT2D eigenvalue weighted by atomic mass is 15.3. The third-order valence-corrected chi connectivity index (χ3v) is 2.37. The molecule has 0 fully saturated rings. The Morgan fingerprint density at radius 2 is 1.80 bits per heavy atom. The van der Waals surface area contributed by atoms with Crippen LogP contribution in [-0.2, 0) is 0 Å². The van der Waals surface area contributed by atoms with E-state index in [2.05, 4.69) is 22.7 Å². The number of para-hydroxylation sites is 1. The highest BCUT2D eigenvalue weighted by Crippen LogP contribution is 2.12. The van der Waals surface area contributed by atoms with Crippen molar-refractivity contribution in [2.24, 2.45) is 11.0 Å². The zero-order valence-corrected chi connectivity index (χ0v) is 8.72. The lowest BCUT2D eigenvalue weighted by Gasteiger charge is -2.05. The van der Waals surface area contributed by atoms with Crippen LogP contribution in [0.3, 0.4) is 0 Å². The van der Waals surface area contributed by atoms with Crippen molar-refractivity contribution < 1.29 is 0 Å². The summed E-state index contributed by atoms with van der Waals surface area (Å²) >= 11 is 0. The number of rotatable bonds is 3. The third-order valence-electron chi connectivity index (χ3n) is 2.37. The average Bonchev–Trinajstić information content (AvgIpc) is 2.81. The van der Waals surface area contributed by atoms with Crippen molar-refractivity contribution in [3.05, 3.63) is 54.6 Å². The van der Waals surface area contributed by atoms with Gasteiger partial charge in [-0.3, -0.25) is 5.43 Å². The lowest BCUT2D eigenvalue weighted by molar-refractivity contribution is 1.12. The van der Waals surface area contributed by atoms with Gasteiger partial charge < -0.3 is 0 Å². The molecule has 0 amide bonds. The fourth-order valence-corrected chi connectivity index (χ4v) is 1.45. The molecule has 0 saturated carbocycles. The molecule has 0 atom stereocenters. The predicted molar refractivity (Wildman–Crippen MR) is 64.9 cm³/mol. The number of benzene rings is 1. The van der Waals surface area contributed by atoms with E-state index in [0.29, 0.717) is 5.92 Å². The van der Waals surface area contributed by atoms with E-state index >= 15 is 0 Å². The van der Waals surface area contributed by atoms with Gasteiger partial charge >= 0.3 is 0 Å². The van der Waals surface area contributed by atoms with Crippen LogP contribution in [0.4, 0.5) is 5.69 Å². The standard InChI is InChI=1S/C13H14N2/c1-11(12-7-5-6-8-12)14-15-13-9-3-2-4-10-13/h2-10,12,15H,1H3/b14-11+. The number of nitrogens with zero attached hydrogens (tertiary/aromatic N) is 1. The van der Waals surface area contributed by atoms with Crippen LogP contribution < -0.4 is 5.43 Å². The van der Waals surface area contributed by atoms with Gasteiger partial charge in [-0.05, 0) is 19.1 Å². The minimum atomic E-state index is 0.348. The molecule has 0 radical (unpaired) electrons. The van der Waals surface area contributed by atoms with Crippen LogP contribution >= 0.6 is 0 Å². The minimum Gasteiger partial charge on any atom is -0.279 e. The molecule has 0 aromatic heterocycles. The summed E-state index contributed by atoms with van der Waals surface area (Å²) in [5.74, 6) is 0.348. The van der Waals surface area contributed by atoms with Gasteiger partial charge in [0.25, 0.3) is 0 Å². The number of hydrogen-bond donors (Lipinski definition) is 1. The monoisotopic (exact) mass is 198 g/mol. The van der Waals surface area contributed by atoms with E-state index in [4.69, 9.17) is 0 Å². The molecular formula is C13H14N2. The van der Waals surface area contributed by atoms with E-state index in [1.807, 2.05) is 49.4 Å². The Labute approximate surface area is 90.0 Å². The van der Waals surface area contributed by atoms with Gasteiger partial charge in [0.2, 0.25) is 0 Å². The van der Waals surface area contributed by atoms with Crippen molar-refractivity contribution in [3.63, 3.8) is 0 Å². The summed E-state index contributed by atoms with van der Waals surface area (Å²) in [4.78, 5) is 0. The molecule has 0 saturated heterocycles. The molecule has 76 valence electrons. The molecule has 2 heteroatoms. The van der Waals surface area contributed by atoms with Crippen LogP contribution in [0.15, 0.2) is 59.7 Å². The summed E-state index contributed by atoms with van der Waals surface area (Å²) in [7, 11) is 0. The number of hydrogen-bond acceptors (Lipinski definition) is 2. The van der Waals surface area contributed by atoms with E-state index in [1.54, 1.807) is 0 Å². The van der Waals surface area contributed by atoms with E-state index in [-0.39, 0.29) is 0 Å². The lowest BCUT2D eigenvalue weighted by Crippen LogP contribution is -2.06. The first kappa shape index (κ1) is 9.71. The molecule has 1 N–H and O–H groups in total. The van der Waals surface area contributed by atoms with E-state index < -0.39 is 0 Å². The van der Waals surface area contributed by atoms with Crippen LogP contribution in [-0.4, -0.2) is 5.71 Å². The number of nitrogens with one attached hydrogen (secondary N) is 1. The van der Waals surface area contributed by atoms with Crippen LogP contribution in [0.1, 0.15) is 6.92 Å². The summed E-state index contributed by atoms with van der Waals surface area (Å²) in [6.07, 6.45) is 8.36. The van der Waals surface area contributed by atoms with Crippen molar-refractivity contribution in [3.8, 4) is 0 Å². The Balaban J connectivity index is 1.99. The third kappa shape index (κ3) is 2.56.